The van der Waals surface area contributed by atoms with Gasteiger partial charge in [-0.05, 0) is 43.5 Å². The van der Waals surface area contributed by atoms with Gasteiger partial charge in [0.15, 0.2) is 0 Å². The van der Waals surface area contributed by atoms with E-state index < -0.39 is 0 Å². The Labute approximate surface area is 106 Å². The summed E-state index contributed by atoms with van der Waals surface area (Å²) in [6, 6.07) is 6.77. The van der Waals surface area contributed by atoms with Crippen LogP contribution in [-0.4, -0.2) is 18.1 Å². The van der Waals surface area contributed by atoms with Gasteiger partial charge in [0, 0.05) is 35.9 Å². The Morgan fingerprint density at radius 2 is 2.35 bits per heavy atom. The van der Waals surface area contributed by atoms with Crippen LogP contribution < -0.4 is 4.90 Å². The van der Waals surface area contributed by atoms with Crippen LogP contribution in [0.15, 0.2) is 29.8 Å². The first-order valence-corrected chi connectivity index (χ1v) is 7.04. The molecule has 0 N–H and O–H groups in total. The number of aromatic nitrogens is 1. The number of hydrogen-bond acceptors (Lipinski definition) is 3. The predicted molar refractivity (Wildman–Crippen MR) is 73.8 cm³/mol. The number of aryl methyl sites for hydroxylation is 1. The van der Waals surface area contributed by atoms with E-state index in [9.17, 15) is 0 Å². The summed E-state index contributed by atoms with van der Waals surface area (Å²) in [5, 5.41) is 3.16. The van der Waals surface area contributed by atoms with E-state index in [1.165, 1.54) is 36.2 Å². The molecule has 2 heterocycles. The van der Waals surface area contributed by atoms with Gasteiger partial charge in [-0.25, -0.2) is 4.98 Å². The van der Waals surface area contributed by atoms with E-state index in [-0.39, 0.29) is 0 Å². The predicted octanol–water partition coefficient (Wildman–Crippen LogP) is 3.58. The minimum absolute atomic E-state index is 1.10. The molecule has 0 atom stereocenters. The number of benzene rings is 1. The van der Waals surface area contributed by atoms with Gasteiger partial charge in [-0.15, -0.1) is 11.3 Å². The standard InChI is InChI=1S/C14H16N2S/c1-2-16-8-3-4-11-10-12(5-6-13(11)16)14-15-7-9-17-14/h5-7,9-10H,2-4,8H2,1H3. The molecule has 3 rings (SSSR count). The molecule has 0 amide bonds. The van der Waals surface area contributed by atoms with Gasteiger partial charge < -0.3 is 4.90 Å². The second-order valence-corrected chi connectivity index (χ2v) is 5.26. The van der Waals surface area contributed by atoms with Crippen LogP contribution >= 0.6 is 11.3 Å². The van der Waals surface area contributed by atoms with Crippen LogP contribution in [0.5, 0.6) is 0 Å². The molecule has 3 heteroatoms. The first kappa shape index (κ1) is 10.8. The first-order chi connectivity index (χ1) is 8.38. The molecule has 0 radical (unpaired) electrons. The second kappa shape index (κ2) is 4.49. The number of hydrogen-bond donors (Lipinski definition) is 0. The number of rotatable bonds is 2. The van der Waals surface area contributed by atoms with Crippen molar-refractivity contribution < 1.29 is 0 Å². The van der Waals surface area contributed by atoms with E-state index in [4.69, 9.17) is 0 Å². The number of nitrogens with zero attached hydrogens (tertiary/aromatic N) is 2. The Balaban J connectivity index is 2.02. The maximum atomic E-state index is 4.38. The van der Waals surface area contributed by atoms with E-state index in [2.05, 4.69) is 35.0 Å². The Bertz CT molecular complexity index is 505. The Kier molecular flexibility index (Phi) is 2.85. The molecule has 2 aromatic rings. The van der Waals surface area contributed by atoms with Crippen LogP contribution in [0.3, 0.4) is 0 Å². The fraction of sp³-hybridized carbons (Fsp3) is 0.357. The van der Waals surface area contributed by atoms with Crippen molar-refractivity contribution in [1.82, 2.24) is 4.98 Å². The van der Waals surface area contributed by atoms with E-state index in [1.807, 2.05) is 11.6 Å². The highest BCUT2D eigenvalue weighted by molar-refractivity contribution is 7.13. The van der Waals surface area contributed by atoms with Gasteiger partial charge in [-0.2, -0.15) is 0 Å². The lowest BCUT2D eigenvalue weighted by Crippen LogP contribution is -2.28. The van der Waals surface area contributed by atoms with Crippen molar-refractivity contribution in [2.24, 2.45) is 0 Å². The molecule has 2 nitrogen and oxygen atoms in total. The molecule has 0 aliphatic carbocycles. The van der Waals surface area contributed by atoms with Crippen LogP contribution in [0.1, 0.15) is 18.9 Å². The van der Waals surface area contributed by atoms with Crippen LogP contribution in [0, 0.1) is 0 Å². The van der Waals surface area contributed by atoms with Crippen LogP contribution in [0.25, 0.3) is 10.6 Å². The van der Waals surface area contributed by atoms with Crippen molar-refractivity contribution in [2.45, 2.75) is 19.8 Å². The lowest BCUT2D eigenvalue weighted by molar-refractivity contribution is 0.708. The molecular weight excluding hydrogens is 228 g/mol. The highest BCUT2D eigenvalue weighted by Crippen LogP contribution is 2.31. The SMILES string of the molecule is CCN1CCCc2cc(-c3nccs3)ccc21. The molecule has 88 valence electrons. The Morgan fingerprint density at radius 1 is 1.41 bits per heavy atom. The van der Waals surface area contributed by atoms with Gasteiger partial charge in [-0.3, -0.25) is 0 Å². The Hall–Kier alpha value is -1.35. The molecule has 1 aliphatic heterocycles. The second-order valence-electron chi connectivity index (χ2n) is 4.36. The Morgan fingerprint density at radius 3 is 3.12 bits per heavy atom. The molecule has 17 heavy (non-hydrogen) atoms. The van der Waals surface area contributed by atoms with Crippen molar-refractivity contribution in [2.75, 3.05) is 18.0 Å². The fourth-order valence-electron chi connectivity index (χ4n) is 2.50. The molecule has 0 bridgehead atoms. The lowest BCUT2D eigenvalue weighted by atomic mass is 9.99. The van der Waals surface area contributed by atoms with Crippen molar-refractivity contribution >= 4 is 17.0 Å². The van der Waals surface area contributed by atoms with E-state index >= 15 is 0 Å². The zero-order valence-corrected chi connectivity index (χ0v) is 10.8. The summed E-state index contributed by atoms with van der Waals surface area (Å²) in [5.74, 6) is 0. The zero-order valence-electron chi connectivity index (χ0n) is 10.0. The summed E-state index contributed by atoms with van der Waals surface area (Å²) < 4.78 is 0. The lowest BCUT2D eigenvalue weighted by Gasteiger charge is -2.30. The van der Waals surface area contributed by atoms with Gasteiger partial charge >= 0.3 is 0 Å². The summed E-state index contributed by atoms with van der Waals surface area (Å²) >= 11 is 1.71. The summed E-state index contributed by atoms with van der Waals surface area (Å²) in [4.78, 5) is 6.84. The maximum Gasteiger partial charge on any atom is 0.123 e. The summed E-state index contributed by atoms with van der Waals surface area (Å²) in [6.45, 7) is 4.52. The number of thiazole rings is 1. The fourth-order valence-corrected chi connectivity index (χ4v) is 3.14. The topological polar surface area (TPSA) is 16.1 Å². The zero-order chi connectivity index (χ0) is 11.7. The summed E-state index contributed by atoms with van der Waals surface area (Å²) in [6.07, 6.45) is 4.34. The third-order valence-corrected chi connectivity index (χ3v) is 4.18. The number of anilines is 1. The van der Waals surface area contributed by atoms with Crippen LogP contribution in [0.2, 0.25) is 0 Å². The summed E-state index contributed by atoms with van der Waals surface area (Å²) in [5.41, 5.74) is 4.15. The average molecular weight is 244 g/mol. The molecule has 1 aliphatic rings. The molecule has 1 aromatic heterocycles. The van der Waals surface area contributed by atoms with Gasteiger partial charge in [0.25, 0.3) is 0 Å². The monoisotopic (exact) mass is 244 g/mol. The van der Waals surface area contributed by atoms with Crippen molar-refractivity contribution in [3.63, 3.8) is 0 Å². The van der Waals surface area contributed by atoms with Crippen molar-refractivity contribution in [3.05, 3.63) is 35.3 Å². The molecule has 0 unspecified atom stereocenters. The largest absolute Gasteiger partial charge is 0.372 e. The normalized spacial score (nSPS) is 14.8. The molecular formula is C14H16N2S. The molecule has 0 saturated heterocycles. The van der Waals surface area contributed by atoms with Crippen molar-refractivity contribution in [1.29, 1.82) is 0 Å². The smallest absolute Gasteiger partial charge is 0.123 e. The number of fused-ring (bicyclic) bond motifs is 1. The van der Waals surface area contributed by atoms with Gasteiger partial charge in [0.05, 0.1) is 0 Å². The van der Waals surface area contributed by atoms with Crippen molar-refractivity contribution in [3.8, 4) is 10.6 Å². The van der Waals surface area contributed by atoms with E-state index in [1.54, 1.807) is 11.3 Å². The van der Waals surface area contributed by atoms with Crippen LogP contribution in [0.4, 0.5) is 5.69 Å². The molecule has 1 aromatic carbocycles. The highest BCUT2D eigenvalue weighted by Gasteiger charge is 2.16. The first-order valence-electron chi connectivity index (χ1n) is 6.16. The quantitative estimate of drug-likeness (QED) is 0.802. The molecule has 0 fully saturated rings. The van der Waals surface area contributed by atoms with E-state index in [0.29, 0.717) is 0 Å². The van der Waals surface area contributed by atoms with E-state index in [0.717, 1.165) is 11.6 Å². The third-order valence-electron chi connectivity index (χ3n) is 3.36. The summed E-state index contributed by atoms with van der Waals surface area (Å²) in [7, 11) is 0. The maximum absolute atomic E-state index is 4.38. The third kappa shape index (κ3) is 1.95. The molecule has 0 spiro atoms. The minimum atomic E-state index is 1.10. The van der Waals surface area contributed by atoms with Gasteiger partial charge in [0.2, 0.25) is 0 Å². The van der Waals surface area contributed by atoms with Gasteiger partial charge in [-0.1, -0.05) is 0 Å². The highest BCUT2D eigenvalue weighted by atomic mass is 32.1. The molecule has 0 saturated carbocycles. The average Bonchev–Trinajstić information content (AvgIpc) is 2.91. The minimum Gasteiger partial charge on any atom is -0.372 e. The van der Waals surface area contributed by atoms with Gasteiger partial charge in [0.1, 0.15) is 5.01 Å². The van der Waals surface area contributed by atoms with Crippen LogP contribution in [-0.2, 0) is 6.42 Å².